The van der Waals surface area contributed by atoms with Gasteiger partial charge in [0.2, 0.25) is 0 Å². The average molecular weight is 183 g/mol. The van der Waals surface area contributed by atoms with Crippen LogP contribution in [0.4, 0.5) is 0 Å². The Labute approximate surface area is 83.5 Å². The van der Waals surface area contributed by atoms with Crippen LogP contribution in [0.3, 0.4) is 0 Å². The van der Waals surface area contributed by atoms with Gasteiger partial charge in [0.15, 0.2) is 0 Å². The van der Waals surface area contributed by atoms with Crippen molar-refractivity contribution in [1.82, 2.24) is 4.90 Å². The summed E-state index contributed by atoms with van der Waals surface area (Å²) in [6, 6.07) is 0.889. The zero-order valence-electron chi connectivity index (χ0n) is 9.39. The molecule has 1 rings (SSSR count). The molecule has 78 valence electrons. The molecule has 1 aliphatic heterocycles. The van der Waals surface area contributed by atoms with Crippen LogP contribution in [0.2, 0.25) is 0 Å². The number of rotatable bonds is 5. The van der Waals surface area contributed by atoms with Crippen molar-refractivity contribution in [3.8, 4) is 0 Å². The molecule has 0 saturated carbocycles. The molecule has 1 nitrogen and oxygen atoms in total. The van der Waals surface area contributed by atoms with Gasteiger partial charge in [0.1, 0.15) is 0 Å². The van der Waals surface area contributed by atoms with Gasteiger partial charge in [-0.05, 0) is 38.8 Å². The SMILES string of the molecule is CCCCC(CC)N1CCCCC1. The number of likely N-dealkylation sites (tertiary alicyclic amines) is 1. The van der Waals surface area contributed by atoms with Crippen LogP contribution in [0.5, 0.6) is 0 Å². The summed E-state index contributed by atoms with van der Waals surface area (Å²) in [4.78, 5) is 2.72. The van der Waals surface area contributed by atoms with Crippen LogP contribution in [0.25, 0.3) is 0 Å². The van der Waals surface area contributed by atoms with Gasteiger partial charge in [-0.2, -0.15) is 0 Å². The Bertz CT molecular complexity index is 116. The van der Waals surface area contributed by atoms with Gasteiger partial charge in [0, 0.05) is 6.04 Å². The van der Waals surface area contributed by atoms with Gasteiger partial charge in [-0.3, -0.25) is 0 Å². The molecule has 1 aliphatic rings. The van der Waals surface area contributed by atoms with Crippen LogP contribution in [0.1, 0.15) is 58.8 Å². The molecular formula is C12H25N. The van der Waals surface area contributed by atoms with E-state index in [9.17, 15) is 0 Å². The molecule has 0 bridgehead atoms. The second kappa shape index (κ2) is 6.42. The number of piperidine rings is 1. The van der Waals surface area contributed by atoms with Crippen molar-refractivity contribution in [3.63, 3.8) is 0 Å². The third kappa shape index (κ3) is 3.68. The van der Waals surface area contributed by atoms with E-state index in [2.05, 4.69) is 18.7 Å². The van der Waals surface area contributed by atoms with E-state index in [1.165, 1.54) is 58.0 Å². The maximum atomic E-state index is 2.72. The van der Waals surface area contributed by atoms with Gasteiger partial charge in [-0.1, -0.05) is 33.1 Å². The summed E-state index contributed by atoms with van der Waals surface area (Å²) < 4.78 is 0. The van der Waals surface area contributed by atoms with Gasteiger partial charge in [0.05, 0.1) is 0 Å². The third-order valence-electron chi connectivity index (χ3n) is 3.27. The summed E-state index contributed by atoms with van der Waals surface area (Å²) in [5.74, 6) is 0. The predicted molar refractivity (Wildman–Crippen MR) is 59.0 cm³/mol. The molecule has 1 fully saturated rings. The van der Waals surface area contributed by atoms with E-state index in [4.69, 9.17) is 0 Å². The molecule has 0 aromatic carbocycles. The van der Waals surface area contributed by atoms with Crippen LogP contribution in [0.15, 0.2) is 0 Å². The fourth-order valence-corrected chi connectivity index (χ4v) is 2.37. The maximum Gasteiger partial charge on any atom is 0.00926 e. The van der Waals surface area contributed by atoms with E-state index in [0.717, 1.165) is 6.04 Å². The topological polar surface area (TPSA) is 3.24 Å². The van der Waals surface area contributed by atoms with E-state index in [1.54, 1.807) is 0 Å². The molecule has 0 amide bonds. The summed E-state index contributed by atoms with van der Waals surface area (Å²) in [5.41, 5.74) is 0. The maximum absolute atomic E-state index is 2.72. The summed E-state index contributed by atoms with van der Waals surface area (Å²) in [6.45, 7) is 7.36. The monoisotopic (exact) mass is 183 g/mol. The summed E-state index contributed by atoms with van der Waals surface area (Å²) in [7, 11) is 0. The molecule has 1 atom stereocenters. The van der Waals surface area contributed by atoms with E-state index >= 15 is 0 Å². The lowest BCUT2D eigenvalue weighted by molar-refractivity contribution is 0.149. The second-order valence-corrected chi connectivity index (χ2v) is 4.30. The van der Waals surface area contributed by atoms with Crippen molar-refractivity contribution >= 4 is 0 Å². The van der Waals surface area contributed by atoms with Gasteiger partial charge in [-0.15, -0.1) is 0 Å². The van der Waals surface area contributed by atoms with Crippen molar-refractivity contribution in [2.75, 3.05) is 13.1 Å². The van der Waals surface area contributed by atoms with Crippen LogP contribution in [0, 0.1) is 0 Å². The van der Waals surface area contributed by atoms with Crippen molar-refractivity contribution in [3.05, 3.63) is 0 Å². The van der Waals surface area contributed by atoms with Gasteiger partial charge < -0.3 is 4.90 Å². The van der Waals surface area contributed by atoms with Crippen LogP contribution in [-0.2, 0) is 0 Å². The Balaban J connectivity index is 2.26. The Morgan fingerprint density at radius 2 is 1.77 bits per heavy atom. The molecule has 1 unspecified atom stereocenters. The Kier molecular flexibility index (Phi) is 5.45. The Hall–Kier alpha value is -0.0400. The van der Waals surface area contributed by atoms with E-state index < -0.39 is 0 Å². The normalized spacial score (nSPS) is 21.7. The summed E-state index contributed by atoms with van der Waals surface area (Å²) in [5, 5.41) is 0. The number of nitrogens with zero attached hydrogens (tertiary/aromatic N) is 1. The van der Waals surface area contributed by atoms with E-state index in [0.29, 0.717) is 0 Å². The lowest BCUT2D eigenvalue weighted by Crippen LogP contribution is -2.38. The lowest BCUT2D eigenvalue weighted by atomic mass is 10.0. The first kappa shape index (κ1) is 11.0. The van der Waals surface area contributed by atoms with Gasteiger partial charge in [0.25, 0.3) is 0 Å². The number of unbranched alkanes of at least 4 members (excludes halogenated alkanes) is 1. The Morgan fingerprint density at radius 3 is 2.31 bits per heavy atom. The molecule has 0 aliphatic carbocycles. The van der Waals surface area contributed by atoms with Crippen molar-refractivity contribution in [2.24, 2.45) is 0 Å². The standard InChI is InChI=1S/C12H25N/c1-3-5-9-12(4-2)13-10-7-6-8-11-13/h12H,3-11H2,1-2H3. The molecule has 0 radical (unpaired) electrons. The van der Waals surface area contributed by atoms with E-state index in [-0.39, 0.29) is 0 Å². The number of hydrogen-bond acceptors (Lipinski definition) is 1. The molecule has 1 heterocycles. The van der Waals surface area contributed by atoms with Crippen LogP contribution in [-0.4, -0.2) is 24.0 Å². The first-order chi connectivity index (χ1) is 6.38. The molecule has 0 spiro atoms. The predicted octanol–water partition coefficient (Wildman–Crippen LogP) is 3.44. The fourth-order valence-electron chi connectivity index (χ4n) is 2.37. The molecule has 1 saturated heterocycles. The molecular weight excluding hydrogens is 158 g/mol. The van der Waals surface area contributed by atoms with E-state index in [1.807, 2.05) is 0 Å². The minimum Gasteiger partial charge on any atom is -0.300 e. The number of hydrogen-bond donors (Lipinski definition) is 0. The quantitative estimate of drug-likeness (QED) is 0.631. The molecule has 13 heavy (non-hydrogen) atoms. The highest BCUT2D eigenvalue weighted by Gasteiger charge is 2.17. The highest BCUT2D eigenvalue weighted by Crippen LogP contribution is 2.18. The molecule has 1 heteroatoms. The highest BCUT2D eigenvalue weighted by atomic mass is 15.2. The smallest absolute Gasteiger partial charge is 0.00926 e. The lowest BCUT2D eigenvalue weighted by Gasteiger charge is -2.34. The first-order valence-electron chi connectivity index (χ1n) is 6.12. The molecule has 0 aromatic heterocycles. The summed E-state index contributed by atoms with van der Waals surface area (Å²) >= 11 is 0. The van der Waals surface area contributed by atoms with Crippen molar-refractivity contribution < 1.29 is 0 Å². The van der Waals surface area contributed by atoms with Crippen LogP contribution < -0.4 is 0 Å². The van der Waals surface area contributed by atoms with Crippen molar-refractivity contribution in [1.29, 1.82) is 0 Å². The van der Waals surface area contributed by atoms with Gasteiger partial charge in [-0.25, -0.2) is 0 Å². The first-order valence-corrected chi connectivity index (χ1v) is 6.12. The Morgan fingerprint density at radius 1 is 1.08 bits per heavy atom. The largest absolute Gasteiger partial charge is 0.300 e. The minimum atomic E-state index is 0.889. The van der Waals surface area contributed by atoms with Crippen molar-refractivity contribution in [2.45, 2.75) is 64.8 Å². The zero-order valence-corrected chi connectivity index (χ0v) is 9.39. The second-order valence-electron chi connectivity index (χ2n) is 4.30. The molecule has 0 N–H and O–H groups in total. The highest BCUT2D eigenvalue weighted by molar-refractivity contribution is 4.73. The molecule has 0 aromatic rings. The summed E-state index contributed by atoms with van der Waals surface area (Å²) in [6.07, 6.45) is 9.86. The zero-order chi connectivity index (χ0) is 9.52. The minimum absolute atomic E-state index is 0.889. The van der Waals surface area contributed by atoms with Crippen LogP contribution >= 0.6 is 0 Å². The average Bonchev–Trinajstić information content (AvgIpc) is 2.21. The fraction of sp³-hybridized carbons (Fsp3) is 1.00. The van der Waals surface area contributed by atoms with Gasteiger partial charge >= 0.3 is 0 Å². The third-order valence-corrected chi connectivity index (χ3v) is 3.27.